The van der Waals surface area contributed by atoms with Gasteiger partial charge in [0.1, 0.15) is 17.5 Å². The highest BCUT2D eigenvalue weighted by molar-refractivity contribution is 5.87. The maximum Gasteiger partial charge on any atom is 0.356 e. The predicted molar refractivity (Wildman–Crippen MR) is 71.3 cm³/mol. The van der Waals surface area contributed by atoms with Crippen LogP contribution in [-0.2, 0) is 4.74 Å². The van der Waals surface area contributed by atoms with Gasteiger partial charge in [-0.1, -0.05) is 0 Å². The summed E-state index contributed by atoms with van der Waals surface area (Å²) >= 11 is 0. The van der Waals surface area contributed by atoms with Gasteiger partial charge in [0.25, 0.3) is 0 Å². The van der Waals surface area contributed by atoms with E-state index in [-0.39, 0.29) is 6.10 Å². The van der Waals surface area contributed by atoms with Crippen molar-refractivity contribution in [3.05, 3.63) is 24.0 Å². The molecule has 1 saturated heterocycles. The molecule has 2 rings (SSSR count). The lowest BCUT2D eigenvalue weighted by molar-refractivity contribution is 0.0519. The summed E-state index contributed by atoms with van der Waals surface area (Å²) in [5.41, 5.74) is 0.317. The Morgan fingerprint density at radius 3 is 2.74 bits per heavy atom. The smallest absolute Gasteiger partial charge is 0.356 e. The van der Waals surface area contributed by atoms with Gasteiger partial charge in [0.05, 0.1) is 12.8 Å². The molecule has 2 heterocycles. The third kappa shape index (κ3) is 3.92. The van der Waals surface area contributed by atoms with E-state index in [1.165, 1.54) is 0 Å². The van der Waals surface area contributed by atoms with Gasteiger partial charge >= 0.3 is 5.97 Å². The second-order valence-corrected chi connectivity index (χ2v) is 4.72. The topological polar surface area (TPSA) is 51.7 Å². The molecule has 1 aliphatic rings. The maximum absolute atomic E-state index is 11.5. The van der Waals surface area contributed by atoms with Gasteiger partial charge < -0.3 is 14.4 Å². The minimum absolute atomic E-state index is 0.242. The first-order valence-corrected chi connectivity index (χ1v) is 6.67. The Labute approximate surface area is 113 Å². The number of ether oxygens (including phenoxy) is 2. The van der Waals surface area contributed by atoms with Crippen molar-refractivity contribution in [1.82, 2.24) is 9.88 Å². The highest BCUT2D eigenvalue weighted by Gasteiger charge is 2.18. The Kier molecular flexibility index (Phi) is 4.74. The summed E-state index contributed by atoms with van der Waals surface area (Å²) in [5, 5.41) is 0. The lowest BCUT2D eigenvalue weighted by Gasteiger charge is -2.29. The molecule has 0 atom stereocenters. The van der Waals surface area contributed by atoms with Gasteiger partial charge in [0, 0.05) is 13.1 Å². The van der Waals surface area contributed by atoms with E-state index in [9.17, 15) is 4.79 Å². The molecule has 1 aliphatic heterocycles. The average molecular weight is 264 g/mol. The number of nitrogens with zero attached hydrogens (tertiary/aromatic N) is 2. The molecule has 5 nitrogen and oxygen atoms in total. The van der Waals surface area contributed by atoms with Crippen molar-refractivity contribution in [2.75, 3.05) is 26.7 Å². The largest absolute Gasteiger partial charge is 0.489 e. The number of hydrogen-bond donors (Lipinski definition) is 0. The van der Waals surface area contributed by atoms with Gasteiger partial charge in [-0.25, -0.2) is 9.78 Å². The Balaban J connectivity index is 1.90. The van der Waals surface area contributed by atoms with Crippen molar-refractivity contribution in [3.63, 3.8) is 0 Å². The third-order valence-electron chi connectivity index (χ3n) is 3.19. The molecule has 0 radical (unpaired) electrons. The second kappa shape index (κ2) is 6.52. The van der Waals surface area contributed by atoms with E-state index >= 15 is 0 Å². The van der Waals surface area contributed by atoms with Crippen molar-refractivity contribution in [2.24, 2.45) is 0 Å². The van der Waals surface area contributed by atoms with Crippen LogP contribution in [-0.4, -0.2) is 48.7 Å². The SMILES string of the molecule is CCOC(=O)c1ccc(OC2CCN(C)CC2)cn1. The second-order valence-electron chi connectivity index (χ2n) is 4.72. The van der Waals surface area contributed by atoms with Crippen LogP contribution in [0.2, 0.25) is 0 Å². The van der Waals surface area contributed by atoms with E-state index in [2.05, 4.69) is 16.9 Å². The van der Waals surface area contributed by atoms with Gasteiger partial charge in [-0.3, -0.25) is 0 Å². The molecule has 104 valence electrons. The summed E-state index contributed by atoms with van der Waals surface area (Å²) in [7, 11) is 2.12. The lowest BCUT2D eigenvalue weighted by Crippen LogP contribution is -2.35. The zero-order chi connectivity index (χ0) is 13.7. The van der Waals surface area contributed by atoms with E-state index in [4.69, 9.17) is 9.47 Å². The normalized spacial score (nSPS) is 17.2. The number of esters is 1. The Bertz CT molecular complexity index is 411. The number of aromatic nitrogens is 1. The van der Waals surface area contributed by atoms with Crippen LogP contribution in [0.15, 0.2) is 18.3 Å². The zero-order valence-electron chi connectivity index (χ0n) is 11.5. The fraction of sp³-hybridized carbons (Fsp3) is 0.571. The number of likely N-dealkylation sites (tertiary alicyclic amines) is 1. The highest BCUT2D eigenvalue weighted by Crippen LogP contribution is 2.18. The number of carbonyl (C=O) groups is 1. The average Bonchev–Trinajstić information content (AvgIpc) is 2.42. The van der Waals surface area contributed by atoms with Crippen LogP contribution in [0.4, 0.5) is 0 Å². The number of piperidine rings is 1. The molecule has 1 fully saturated rings. The lowest BCUT2D eigenvalue weighted by atomic mass is 10.1. The maximum atomic E-state index is 11.5. The summed E-state index contributed by atoms with van der Waals surface area (Å²) < 4.78 is 10.7. The summed E-state index contributed by atoms with van der Waals surface area (Å²) in [6.45, 7) is 4.24. The molecule has 0 saturated carbocycles. The molecule has 19 heavy (non-hydrogen) atoms. The molecule has 5 heteroatoms. The van der Waals surface area contributed by atoms with E-state index in [0.29, 0.717) is 18.1 Å². The van der Waals surface area contributed by atoms with Crippen LogP contribution >= 0.6 is 0 Å². The predicted octanol–water partition coefficient (Wildman–Crippen LogP) is 1.73. The summed E-state index contributed by atoms with van der Waals surface area (Å²) in [4.78, 5) is 17.8. The molecular weight excluding hydrogens is 244 g/mol. The third-order valence-corrected chi connectivity index (χ3v) is 3.19. The molecule has 0 unspecified atom stereocenters. The van der Waals surface area contributed by atoms with Crippen LogP contribution in [0.3, 0.4) is 0 Å². The molecule has 0 bridgehead atoms. The molecule has 0 spiro atoms. The van der Waals surface area contributed by atoms with Crippen molar-refractivity contribution < 1.29 is 14.3 Å². The highest BCUT2D eigenvalue weighted by atomic mass is 16.5. The van der Waals surface area contributed by atoms with E-state index < -0.39 is 5.97 Å². The van der Waals surface area contributed by atoms with Gasteiger partial charge in [-0.15, -0.1) is 0 Å². The van der Waals surface area contributed by atoms with Gasteiger partial charge in [-0.05, 0) is 38.9 Å². The number of hydrogen-bond acceptors (Lipinski definition) is 5. The van der Waals surface area contributed by atoms with Crippen LogP contribution in [0.25, 0.3) is 0 Å². The van der Waals surface area contributed by atoms with Gasteiger partial charge in [0.15, 0.2) is 0 Å². The molecule has 0 N–H and O–H groups in total. The van der Waals surface area contributed by atoms with Gasteiger partial charge in [0.2, 0.25) is 0 Å². The fourth-order valence-corrected chi connectivity index (χ4v) is 2.07. The van der Waals surface area contributed by atoms with Crippen LogP contribution < -0.4 is 4.74 Å². The quantitative estimate of drug-likeness (QED) is 0.775. The van der Waals surface area contributed by atoms with Crippen molar-refractivity contribution in [3.8, 4) is 5.75 Å². The first kappa shape index (κ1) is 13.8. The Hall–Kier alpha value is -1.62. The van der Waals surface area contributed by atoms with Crippen molar-refractivity contribution >= 4 is 5.97 Å². The van der Waals surface area contributed by atoms with Crippen molar-refractivity contribution in [1.29, 1.82) is 0 Å². The Morgan fingerprint density at radius 1 is 1.42 bits per heavy atom. The van der Waals surface area contributed by atoms with Crippen LogP contribution in [0.5, 0.6) is 5.75 Å². The summed E-state index contributed by atoms with van der Waals surface area (Å²) in [6.07, 6.45) is 3.88. The summed E-state index contributed by atoms with van der Waals surface area (Å²) in [5.74, 6) is 0.316. The number of pyridine rings is 1. The standard InChI is InChI=1S/C14H20N2O3/c1-3-18-14(17)13-5-4-12(10-15-13)19-11-6-8-16(2)9-7-11/h4-5,10-11H,3,6-9H2,1-2H3. The number of rotatable bonds is 4. The first-order chi connectivity index (χ1) is 9.19. The molecule has 1 aromatic heterocycles. The molecule has 0 aromatic carbocycles. The van der Waals surface area contributed by atoms with E-state index in [0.717, 1.165) is 25.9 Å². The van der Waals surface area contributed by atoms with Crippen LogP contribution in [0, 0.1) is 0 Å². The first-order valence-electron chi connectivity index (χ1n) is 6.67. The molecule has 0 amide bonds. The summed E-state index contributed by atoms with van der Waals surface area (Å²) in [6, 6.07) is 3.42. The minimum Gasteiger partial charge on any atom is -0.489 e. The fourth-order valence-electron chi connectivity index (χ4n) is 2.07. The Morgan fingerprint density at radius 2 is 2.16 bits per heavy atom. The van der Waals surface area contributed by atoms with Gasteiger partial charge in [-0.2, -0.15) is 0 Å². The van der Waals surface area contributed by atoms with E-state index in [1.54, 1.807) is 25.3 Å². The zero-order valence-corrected chi connectivity index (χ0v) is 11.5. The molecule has 0 aliphatic carbocycles. The number of carbonyl (C=O) groups excluding carboxylic acids is 1. The van der Waals surface area contributed by atoms with E-state index in [1.807, 2.05) is 0 Å². The minimum atomic E-state index is -0.395. The molecule has 1 aromatic rings. The monoisotopic (exact) mass is 264 g/mol. The molecular formula is C14H20N2O3. The van der Waals surface area contributed by atoms with Crippen molar-refractivity contribution in [2.45, 2.75) is 25.9 Å². The van der Waals surface area contributed by atoms with Crippen LogP contribution in [0.1, 0.15) is 30.3 Å².